The van der Waals surface area contributed by atoms with Crippen LogP contribution in [0.15, 0.2) is 72.3 Å². The molecule has 184 valence electrons. The van der Waals surface area contributed by atoms with E-state index in [1.165, 1.54) is 66.4 Å². The quantitative estimate of drug-likeness (QED) is 0.218. The molecule has 1 unspecified atom stereocenters. The molecule has 1 atom stereocenters. The van der Waals surface area contributed by atoms with Gasteiger partial charge in [-0.3, -0.25) is 14.5 Å². The number of phenols is 1. The highest BCUT2D eigenvalue weighted by atomic mass is 19.1. The van der Waals surface area contributed by atoms with Crippen molar-refractivity contribution in [1.29, 1.82) is 0 Å². The number of carbonyl (C=O) groups is 3. The number of phenolic OH excluding ortho intramolecular Hbond substituents is 1. The van der Waals surface area contributed by atoms with Gasteiger partial charge in [0.05, 0.1) is 23.8 Å². The van der Waals surface area contributed by atoms with Gasteiger partial charge in [-0.2, -0.15) is 0 Å². The summed E-state index contributed by atoms with van der Waals surface area (Å²) >= 11 is 0. The second kappa shape index (κ2) is 10.0. The van der Waals surface area contributed by atoms with Crippen LogP contribution in [-0.4, -0.2) is 34.5 Å². The summed E-state index contributed by atoms with van der Waals surface area (Å²) in [7, 11) is 0. The molecule has 3 aromatic rings. The van der Waals surface area contributed by atoms with Crippen LogP contribution < -0.4 is 4.90 Å². The number of aromatic hydroxyl groups is 1. The minimum Gasteiger partial charge on any atom is -0.508 e. The van der Waals surface area contributed by atoms with Crippen LogP contribution in [0, 0.1) is 12.7 Å². The molecule has 0 saturated carbocycles. The van der Waals surface area contributed by atoms with E-state index in [1.807, 2.05) is 6.92 Å². The molecule has 2 N–H and O–H groups in total. The molecule has 1 aliphatic heterocycles. The first kappa shape index (κ1) is 24.7. The van der Waals surface area contributed by atoms with Gasteiger partial charge in [0.15, 0.2) is 0 Å². The standard InChI is InChI=1S/C28H24FNO6/c1-3-13-36-28(35)19-5-4-6-20(15-19)30-24(17-7-10-21(31)11-8-17)23(26(33)27(30)34)25(32)18-9-12-22(29)16(2)14-18/h4-12,14-15,24,31-32H,3,13H2,1-2H3/b25-23+. The van der Waals surface area contributed by atoms with Crippen molar-refractivity contribution in [1.82, 2.24) is 0 Å². The van der Waals surface area contributed by atoms with E-state index in [9.17, 15) is 29.0 Å². The lowest BCUT2D eigenvalue weighted by molar-refractivity contribution is -0.132. The van der Waals surface area contributed by atoms with Gasteiger partial charge in [0, 0.05) is 11.3 Å². The number of amides is 1. The summed E-state index contributed by atoms with van der Waals surface area (Å²) in [5.41, 5.74) is 1.11. The first-order chi connectivity index (χ1) is 17.2. The number of halogens is 1. The number of rotatable bonds is 6. The number of aliphatic hydroxyl groups is 1. The average Bonchev–Trinajstić information content (AvgIpc) is 3.14. The van der Waals surface area contributed by atoms with Gasteiger partial charge in [-0.1, -0.05) is 25.1 Å². The molecule has 0 bridgehead atoms. The molecule has 8 heteroatoms. The van der Waals surface area contributed by atoms with Gasteiger partial charge in [0.25, 0.3) is 11.7 Å². The maximum atomic E-state index is 13.8. The van der Waals surface area contributed by atoms with E-state index in [-0.39, 0.29) is 40.3 Å². The molecule has 0 radical (unpaired) electrons. The van der Waals surface area contributed by atoms with E-state index < -0.39 is 35.3 Å². The van der Waals surface area contributed by atoms with Crippen LogP contribution in [0.4, 0.5) is 10.1 Å². The monoisotopic (exact) mass is 489 g/mol. The van der Waals surface area contributed by atoms with Crippen molar-refractivity contribution in [2.24, 2.45) is 0 Å². The normalized spacial score (nSPS) is 16.9. The number of aryl methyl sites for hydroxylation is 1. The Labute approximate surface area is 207 Å². The van der Waals surface area contributed by atoms with Crippen molar-refractivity contribution < 1.29 is 33.7 Å². The van der Waals surface area contributed by atoms with Crippen molar-refractivity contribution in [2.75, 3.05) is 11.5 Å². The van der Waals surface area contributed by atoms with Crippen LogP contribution >= 0.6 is 0 Å². The smallest absolute Gasteiger partial charge is 0.338 e. The SMILES string of the molecule is CCCOC(=O)c1cccc(N2C(=O)C(=O)/C(=C(/O)c3ccc(F)c(C)c3)C2c2ccc(O)cc2)c1. The zero-order chi connectivity index (χ0) is 26.0. The Morgan fingerprint density at radius 1 is 1.03 bits per heavy atom. The molecular formula is C28H24FNO6. The first-order valence-electron chi connectivity index (χ1n) is 11.4. The Bertz CT molecular complexity index is 1380. The summed E-state index contributed by atoms with van der Waals surface area (Å²) < 4.78 is 19.0. The zero-order valence-corrected chi connectivity index (χ0v) is 19.7. The molecule has 1 aliphatic rings. The molecule has 0 aliphatic carbocycles. The molecule has 4 rings (SSSR count). The molecule has 1 fully saturated rings. The Kier molecular flexibility index (Phi) is 6.87. The van der Waals surface area contributed by atoms with Crippen molar-refractivity contribution in [3.05, 3.63) is 100 Å². The lowest BCUT2D eigenvalue weighted by Crippen LogP contribution is -2.29. The Morgan fingerprint density at radius 3 is 2.42 bits per heavy atom. The van der Waals surface area contributed by atoms with Crippen molar-refractivity contribution in [3.63, 3.8) is 0 Å². The number of anilines is 1. The largest absolute Gasteiger partial charge is 0.508 e. The van der Waals surface area contributed by atoms with Gasteiger partial charge < -0.3 is 14.9 Å². The average molecular weight is 489 g/mol. The van der Waals surface area contributed by atoms with Gasteiger partial charge in [-0.25, -0.2) is 9.18 Å². The zero-order valence-electron chi connectivity index (χ0n) is 19.7. The topological polar surface area (TPSA) is 104 Å². The van der Waals surface area contributed by atoms with Gasteiger partial charge in [-0.15, -0.1) is 0 Å². The van der Waals surface area contributed by atoms with Crippen LogP contribution in [0.25, 0.3) is 5.76 Å². The number of nitrogens with zero attached hydrogens (tertiary/aromatic N) is 1. The molecular weight excluding hydrogens is 465 g/mol. The van der Waals surface area contributed by atoms with E-state index in [0.29, 0.717) is 12.0 Å². The number of aliphatic hydroxyl groups excluding tert-OH is 1. The predicted molar refractivity (Wildman–Crippen MR) is 131 cm³/mol. The number of ether oxygens (including phenoxy) is 1. The third-order valence-electron chi connectivity index (χ3n) is 5.88. The maximum absolute atomic E-state index is 13.8. The Morgan fingerprint density at radius 2 is 1.75 bits per heavy atom. The lowest BCUT2D eigenvalue weighted by Gasteiger charge is -2.26. The van der Waals surface area contributed by atoms with E-state index >= 15 is 0 Å². The number of ketones is 1. The van der Waals surface area contributed by atoms with Gasteiger partial charge in [-0.05, 0) is 73.0 Å². The van der Waals surface area contributed by atoms with Crippen LogP contribution in [0.5, 0.6) is 5.75 Å². The molecule has 1 amide bonds. The van der Waals surface area contributed by atoms with Crippen LogP contribution in [0.1, 0.15) is 46.4 Å². The van der Waals surface area contributed by atoms with Crippen molar-refractivity contribution in [2.45, 2.75) is 26.3 Å². The number of benzene rings is 3. The summed E-state index contributed by atoms with van der Waals surface area (Å²) in [5.74, 6) is -3.38. The number of carbonyl (C=O) groups excluding carboxylic acids is 3. The van der Waals surface area contributed by atoms with Gasteiger partial charge in [0.2, 0.25) is 0 Å². The Balaban J connectivity index is 1.88. The number of hydrogen-bond acceptors (Lipinski definition) is 6. The second-order valence-electron chi connectivity index (χ2n) is 8.41. The van der Waals surface area contributed by atoms with Gasteiger partial charge in [0.1, 0.15) is 17.3 Å². The van der Waals surface area contributed by atoms with Crippen molar-refractivity contribution in [3.8, 4) is 5.75 Å². The van der Waals surface area contributed by atoms with Crippen molar-refractivity contribution >= 4 is 29.1 Å². The summed E-state index contributed by atoms with van der Waals surface area (Å²) in [6.45, 7) is 3.62. The molecule has 1 saturated heterocycles. The summed E-state index contributed by atoms with van der Waals surface area (Å²) in [6, 6.07) is 14.8. The highest BCUT2D eigenvalue weighted by Gasteiger charge is 2.47. The number of esters is 1. The van der Waals surface area contributed by atoms with E-state index in [4.69, 9.17) is 4.74 Å². The highest BCUT2D eigenvalue weighted by molar-refractivity contribution is 6.51. The van der Waals surface area contributed by atoms with E-state index in [2.05, 4.69) is 0 Å². The highest BCUT2D eigenvalue weighted by Crippen LogP contribution is 2.42. The van der Waals surface area contributed by atoms with Crippen LogP contribution in [0.2, 0.25) is 0 Å². The molecule has 1 heterocycles. The molecule has 36 heavy (non-hydrogen) atoms. The third kappa shape index (κ3) is 4.57. The number of Topliss-reactive ketones (excluding diaryl/α,β-unsaturated/α-hetero) is 1. The predicted octanol–water partition coefficient (Wildman–Crippen LogP) is 5.03. The Hall–Kier alpha value is -4.46. The molecule has 0 spiro atoms. The summed E-state index contributed by atoms with van der Waals surface area (Å²) in [5, 5.41) is 20.9. The molecule has 0 aromatic heterocycles. The summed E-state index contributed by atoms with van der Waals surface area (Å²) in [4.78, 5) is 40.1. The van der Waals surface area contributed by atoms with Gasteiger partial charge >= 0.3 is 5.97 Å². The van der Waals surface area contributed by atoms with E-state index in [0.717, 1.165) is 0 Å². The molecule has 7 nitrogen and oxygen atoms in total. The summed E-state index contributed by atoms with van der Waals surface area (Å²) in [6.07, 6.45) is 0.643. The minimum absolute atomic E-state index is 0.0227. The first-order valence-corrected chi connectivity index (χ1v) is 11.4. The third-order valence-corrected chi connectivity index (χ3v) is 5.88. The maximum Gasteiger partial charge on any atom is 0.338 e. The van der Waals surface area contributed by atoms with Crippen LogP contribution in [0.3, 0.4) is 0 Å². The fourth-order valence-corrected chi connectivity index (χ4v) is 4.08. The molecule has 3 aromatic carbocycles. The van der Waals surface area contributed by atoms with E-state index in [1.54, 1.807) is 12.1 Å². The van der Waals surface area contributed by atoms with Crippen LogP contribution in [-0.2, 0) is 14.3 Å². The fourth-order valence-electron chi connectivity index (χ4n) is 4.08. The second-order valence-corrected chi connectivity index (χ2v) is 8.41. The lowest BCUT2D eigenvalue weighted by atomic mass is 9.94. The number of hydrogen-bond donors (Lipinski definition) is 2. The fraction of sp³-hybridized carbons (Fsp3) is 0.179. The minimum atomic E-state index is -1.07.